The highest BCUT2D eigenvalue weighted by Crippen LogP contribution is 2.45. The third-order valence-corrected chi connectivity index (χ3v) is 7.31. The van der Waals surface area contributed by atoms with Crippen molar-refractivity contribution < 1.29 is 22.1 Å². The molecule has 1 N–H and O–H groups in total. The van der Waals surface area contributed by atoms with Crippen LogP contribution in [0.1, 0.15) is 42.9 Å². The first-order valence-electron chi connectivity index (χ1n) is 9.64. The molecule has 0 amide bonds. The van der Waals surface area contributed by atoms with Crippen LogP contribution in [-0.2, 0) is 26.1 Å². The van der Waals surface area contributed by atoms with Crippen LogP contribution >= 0.6 is 0 Å². The Labute approximate surface area is 166 Å². The van der Waals surface area contributed by atoms with E-state index in [2.05, 4.69) is 0 Å². The van der Waals surface area contributed by atoms with Gasteiger partial charge in [-0.1, -0.05) is 30.7 Å². The van der Waals surface area contributed by atoms with E-state index in [-0.39, 0.29) is 29.8 Å². The maximum atomic E-state index is 13.7. The summed E-state index contributed by atoms with van der Waals surface area (Å²) in [6.45, 7) is 3.83. The number of benzene rings is 2. The molecule has 0 heterocycles. The van der Waals surface area contributed by atoms with Gasteiger partial charge in [0.25, 0.3) is 10.1 Å². The van der Waals surface area contributed by atoms with Gasteiger partial charge in [-0.3, -0.25) is 4.18 Å². The summed E-state index contributed by atoms with van der Waals surface area (Å²) >= 11 is 0. The minimum absolute atomic E-state index is 0.0113. The molecule has 0 aliphatic heterocycles. The quantitative estimate of drug-likeness (QED) is 0.702. The minimum atomic E-state index is -3.84. The average molecular weight is 407 g/mol. The summed E-state index contributed by atoms with van der Waals surface area (Å²) < 4.78 is 44.0. The van der Waals surface area contributed by atoms with Crippen molar-refractivity contribution in [2.75, 3.05) is 13.2 Å². The molecule has 0 radical (unpaired) electrons. The van der Waals surface area contributed by atoms with Gasteiger partial charge in [-0.2, -0.15) is 8.42 Å². The summed E-state index contributed by atoms with van der Waals surface area (Å²) in [5.41, 5.74) is 2.48. The molecule has 2 aromatic rings. The number of aryl methyl sites for hydroxylation is 2. The Morgan fingerprint density at radius 3 is 2.61 bits per heavy atom. The van der Waals surface area contributed by atoms with Crippen molar-refractivity contribution in [3.8, 4) is 0 Å². The summed E-state index contributed by atoms with van der Waals surface area (Å²) in [6, 6.07) is 11.3. The third-order valence-electron chi connectivity index (χ3n) is 5.99. The lowest BCUT2D eigenvalue weighted by Crippen LogP contribution is -2.40. The zero-order valence-electron chi connectivity index (χ0n) is 16.3. The molecule has 0 aromatic heterocycles. The first-order chi connectivity index (χ1) is 13.3. The van der Waals surface area contributed by atoms with E-state index in [1.54, 1.807) is 24.3 Å². The Balaban J connectivity index is 1.83. The lowest BCUT2D eigenvalue weighted by atomic mass is 9.62. The number of aliphatic hydroxyl groups is 1. The zero-order valence-corrected chi connectivity index (χ0v) is 17.1. The molecule has 152 valence electrons. The Hall–Kier alpha value is -1.76. The van der Waals surface area contributed by atoms with Crippen molar-refractivity contribution in [1.82, 2.24) is 0 Å². The highest BCUT2D eigenvalue weighted by atomic mass is 32.2. The van der Waals surface area contributed by atoms with Gasteiger partial charge < -0.3 is 5.11 Å². The molecule has 6 heteroatoms. The van der Waals surface area contributed by atoms with E-state index in [0.29, 0.717) is 6.42 Å². The number of halogens is 1. The highest BCUT2D eigenvalue weighted by molar-refractivity contribution is 7.86. The molecule has 0 bridgehead atoms. The fourth-order valence-electron chi connectivity index (χ4n) is 4.28. The summed E-state index contributed by atoms with van der Waals surface area (Å²) in [7, 11) is -3.84. The van der Waals surface area contributed by atoms with Crippen molar-refractivity contribution in [3.05, 3.63) is 65.0 Å². The largest absolute Gasteiger partial charge is 0.396 e. The van der Waals surface area contributed by atoms with Crippen LogP contribution < -0.4 is 0 Å². The fraction of sp³-hybridized carbons (Fsp3) is 0.455. The molecule has 2 atom stereocenters. The first-order valence-corrected chi connectivity index (χ1v) is 11.1. The van der Waals surface area contributed by atoms with Gasteiger partial charge in [0.05, 0.1) is 11.5 Å². The number of aliphatic hydroxyl groups excluding tert-OH is 1. The van der Waals surface area contributed by atoms with Crippen LogP contribution in [0.3, 0.4) is 0 Å². The summed E-state index contributed by atoms with van der Waals surface area (Å²) in [6.07, 6.45) is 2.90. The third kappa shape index (κ3) is 4.14. The first kappa shape index (κ1) is 21.0. The average Bonchev–Trinajstić information content (AvgIpc) is 2.67. The second-order valence-corrected chi connectivity index (χ2v) is 9.35. The molecule has 3 rings (SSSR count). The van der Waals surface area contributed by atoms with Gasteiger partial charge in [0.1, 0.15) is 5.82 Å². The monoisotopic (exact) mass is 406 g/mol. The SMILES string of the molecule is Cc1ccc(S(=O)(=O)OCCC2(C(C)CO)CCCc3cc(F)ccc32)cc1. The molecule has 1 aliphatic rings. The summed E-state index contributed by atoms with van der Waals surface area (Å²) in [4.78, 5) is 0.133. The maximum Gasteiger partial charge on any atom is 0.296 e. The second-order valence-electron chi connectivity index (χ2n) is 7.73. The van der Waals surface area contributed by atoms with Gasteiger partial charge in [0, 0.05) is 12.0 Å². The minimum Gasteiger partial charge on any atom is -0.396 e. The molecular weight excluding hydrogens is 379 g/mol. The highest BCUT2D eigenvalue weighted by Gasteiger charge is 2.41. The van der Waals surface area contributed by atoms with Crippen molar-refractivity contribution >= 4 is 10.1 Å². The van der Waals surface area contributed by atoms with Crippen molar-refractivity contribution in [1.29, 1.82) is 0 Å². The Morgan fingerprint density at radius 1 is 1.21 bits per heavy atom. The van der Waals surface area contributed by atoms with E-state index in [0.717, 1.165) is 36.0 Å². The lowest BCUT2D eigenvalue weighted by Gasteiger charge is -2.43. The summed E-state index contributed by atoms with van der Waals surface area (Å²) in [5, 5.41) is 9.86. The van der Waals surface area contributed by atoms with Crippen LogP contribution in [-0.4, -0.2) is 26.7 Å². The normalized spacial score (nSPS) is 20.6. The number of rotatable bonds is 7. The molecule has 0 fully saturated rings. The topological polar surface area (TPSA) is 63.6 Å². The smallest absolute Gasteiger partial charge is 0.296 e. The van der Waals surface area contributed by atoms with Crippen molar-refractivity contribution in [2.24, 2.45) is 5.92 Å². The van der Waals surface area contributed by atoms with Gasteiger partial charge >= 0.3 is 0 Å². The molecule has 2 aromatic carbocycles. The van der Waals surface area contributed by atoms with Crippen molar-refractivity contribution in [2.45, 2.75) is 49.8 Å². The predicted molar refractivity (Wildman–Crippen MR) is 106 cm³/mol. The van der Waals surface area contributed by atoms with Crippen LogP contribution in [0.2, 0.25) is 0 Å². The number of fused-ring (bicyclic) bond motifs is 1. The molecule has 2 unspecified atom stereocenters. The Bertz CT molecular complexity index is 924. The second kappa shape index (κ2) is 8.31. The van der Waals surface area contributed by atoms with Gasteiger partial charge in [0.15, 0.2) is 0 Å². The Morgan fingerprint density at radius 2 is 1.93 bits per heavy atom. The van der Waals surface area contributed by atoms with E-state index in [9.17, 15) is 17.9 Å². The van der Waals surface area contributed by atoms with E-state index >= 15 is 0 Å². The summed E-state index contributed by atoms with van der Waals surface area (Å²) in [5.74, 6) is -0.368. The molecule has 4 nitrogen and oxygen atoms in total. The number of hydrogen-bond donors (Lipinski definition) is 1. The van der Waals surface area contributed by atoms with E-state index < -0.39 is 15.5 Å². The van der Waals surface area contributed by atoms with E-state index in [4.69, 9.17) is 4.18 Å². The Kier molecular flexibility index (Phi) is 6.22. The molecule has 1 aliphatic carbocycles. The standard InChI is InChI=1S/C22H27FO4S/c1-16-5-8-20(9-6-16)28(25,26)27-13-12-22(17(2)15-24)11-3-4-18-14-19(23)7-10-21(18)22/h5-10,14,17,24H,3-4,11-13,15H2,1-2H3. The molecule has 0 saturated heterocycles. The van der Waals surface area contributed by atoms with Crippen LogP contribution in [0.4, 0.5) is 4.39 Å². The van der Waals surface area contributed by atoms with Crippen LogP contribution in [0, 0.1) is 18.7 Å². The van der Waals surface area contributed by atoms with Gasteiger partial charge in [-0.15, -0.1) is 0 Å². The van der Waals surface area contributed by atoms with Gasteiger partial charge in [-0.05, 0) is 73.9 Å². The molecule has 0 saturated carbocycles. The van der Waals surface area contributed by atoms with Crippen molar-refractivity contribution in [3.63, 3.8) is 0 Å². The predicted octanol–water partition coefficient (Wildman–Crippen LogP) is 4.13. The van der Waals surface area contributed by atoms with E-state index in [1.807, 2.05) is 13.8 Å². The van der Waals surface area contributed by atoms with Gasteiger partial charge in [0.2, 0.25) is 0 Å². The maximum absolute atomic E-state index is 13.7. The van der Waals surface area contributed by atoms with Crippen LogP contribution in [0.25, 0.3) is 0 Å². The van der Waals surface area contributed by atoms with Crippen LogP contribution in [0.15, 0.2) is 47.4 Å². The fourth-order valence-corrected chi connectivity index (χ4v) is 5.19. The van der Waals surface area contributed by atoms with E-state index in [1.165, 1.54) is 18.2 Å². The van der Waals surface area contributed by atoms with Gasteiger partial charge in [-0.25, -0.2) is 4.39 Å². The molecular formula is C22H27FO4S. The molecule has 0 spiro atoms. The number of hydrogen-bond acceptors (Lipinski definition) is 4. The zero-order chi connectivity index (χ0) is 20.4. The van der Waals surface area contributed by atoms with Crippen LogP contribution in [0.5, 0.6) is 0 Å². The lowest BCUT2D eigenvalue weighted by molar-refractivity contribution is 0.122. The molecule has 28 heavy (non-hydrogen) atoms.